The Bertz CT molecular complexity index is 1090. The summed E-state index contributed by atoms with van der Waals surface area (Å²) in [7, 11) is 0. The number of hydrogen-bond donors (Lipinski definition) is 0. The molecule has 0 saturated heterocycles. The Morgan fingerprint density at radius 3 is 2.10 bits per heavy atom. The summed E-state index contributed by atoms with van der Waals surface area (Å²) in [5, 5.41) is 4.69. The van der Waals surface area contributed by atoms with Gasteiger partial charge in [-0.05, 0) is 42.8 Å². The zero-order valence-corrected chi connectivity index (χ0v) is 15.8. The van der Waals surface area contributed by atoms with Crippen molar-refractivity contribution in [1.29, 1.82) is 0 Å². The summed E-state index contributed by atoms with van der Waals surface area (Å²) in [6, 6.07) is 25.1. The van der Waals surface area contributed by atoms with E-state index in [1.165, 1.54) is 17.7 Å². The first-order valence-electron chi connectivity index (χ1n) is 9.28. The van der Waals surface area contributed by atoms with E-state index in [0.717, 1.165) is 34.6 Å². The predicted octanol–water partition coefficient (Wildman–Crippen LogP) is 6.46. The van der Waals surface area contributed by atoms with E-state index in [0.29, 0.717) is 12.1 Å². The van der Waals surface area contributed by atoms with Gasteiger partial charge in [-0.3, -0.25) is 0 Å². The largest absolute Gasteiger partial charge is 0.416 e. The molecule has 1 aromatic heterocycles. The molecule has 0 radical (unpaired) electrons. The molecule has 29 heavy (non-hydrogen) atoms. The zero-order chi connectivity index (χ0) is 20.4. The van der Waals surface area contributed by atoms with Gasteiger partial charge >= 0.3 is 6.18 Å². The summed E-state index contributed by atoms with van der Waals surface area (Å²) in [5.41, 5.74) is 4.88. The SMILES string of the molecule is Cc1ccc(Cc2cc(-c3ccccc3)nn2-c2ccc(C(F)(F)F)cc2)cc1. The lowest BCUT2D eigenvalue weighted by molar-refractivity contribution is -0.137. The van der Waals surface area contributed by atoms with E-state index in [9.17, 15) is 13.2 Å². The van der Waals surface area contributed by atoms with E-state index < -0.39 is 11.7 Å². The lowest BCUT2D eigenvalue weighted by Crippen LogP contribution is -2.07. The third-order valence-electron chi connectivity index (χ3n) is 4.80. The molecule has 0 N–H and O–H groups in total. The summed E-state index contributed by atoms with van der Waals surface area (Å²) in [6.07, 6.45) is -3.73. The molecule has 0 unspecified atom stereocenters. The van der Waals surface area contributed by atoms with Crippen molar-refractivity contribution in [2.75, 3.05) is 0 Å². The van der Waals surface area contributed by atoms with Crippen LogP contribution in [-0.4, -0.2) is 9.78 Å². The fraction of sp³-hybridized carbons (Fsp3) is 0.125. The lowest BCUT2D eigenvalue weighted by Gasteiger charge is -2.10. The second-order valence-corrected chi connectivity index (χ2v) is 7.01. The Hall–Kier alpha value is -3.34. The van der Waals surface area contributed by atoms with Gasteiger partial charge < -0.3 is 0 Å². The maximum atomic E-state index is 12.9. The average molecular weight is 392 g/mol. The number of alkyl halides is 3. The highest BCUT2D eigenvalue weighted by atomic mass is 19.4. The van der Waals surface area contributed by atoms with Crippen LogP contribution in [0.3, 0.4) is 0 Å². The Balaban J connectivity index is 1.76. The van der Waals surface area contributed by atoms with Gasteiger partial charge in [-0.15, -0.1) is 0 Å². The molecule has 0 saturated carbocycles. The van der Waals surface area contributed by atoms with Gasteiger partial charge in [0, 0.05) is 17.7 Å². The van der Waals surface area contributed by atoms with Gasteiger partial charge in [-0.2, -0.15) is 18.3 Å². The molecule has 4 rings (SSSR count). The molecule has 0 fully saturated rings. The van der Waals surface area contributed by atoms with E-state index in [4.69, 9.17) is 5.10 Å². The fourth-order valence-corrected chi connectivity index (χ4v) is 3.23. The van der Waals surface area contributed by atoms with E-state index >= 15 is 0 Å². The number of halogens is 3. The van der Waals surface area contributed by atoms with Crippen LogP contribution in [0.4, 0.5) is 13.2 Å². The van der Waals surface area contributed by atoms with Crippen LogP contribution >= 0.6 is 0 Å². The number of hydrogen-bond acceptors (Lipinski definition) is 1. The fourth-order valence-electron chi connectivity index (χ4n) is 3.23. The number of benzene rings is 3. The molecule has 3 aromatic carbocycles. The van der Waals surface area contributed by atoms with Crippen LogP contribution < -0.4 is 0 Å². The predicted molar refractivity (Wildman–Crippen MR) is 108 cm³/mol. The summed E-state index contributed by atoms with van der Waals surface area (Å²) in [6.45, 7) is 2.03. The minimum absolute atomic E-state index is 0.599. The third-order valence-corrected chi connectivity index (χ3v) is 4.80. The first kappa shape index (κ1) is 19.0. The van der Waals surface area contributed by atoms with Crippen molar-refractivity contribution in [2.45, 2.75) is 19.5 Å². The van der Waals surface area contributed by atoms with Crippen LogP contribution in [0, 0.1) is 6.92 Å². The summed E-state index contributed by atoms with van der Waals surface area (Å²) < 4.78 is 40.5. The minimum atomic E-state index is -4.36. The monoisotopic (exact) mass is 392 g/mol. The second-order valence-electron chi connectivity index (χ2n) is 7.01. The Kier molecular flexibility index (Phi) is 4.97. The quantitative estimate of drug-likeness (QED) is 0.390. The molecular formula is C24H19F3N2. The average Bonchev–Trinajstić information content (AvgIpc) is 3.14. The Morgan fingerprint density at radius 2 is 1.48 bits per heavy atom. The highest BCUT2D eigenvalue weighted by Gasteiger charge is 2.30. The van der Waals surface area contributed by atoms with E-state index in [-0.39, 0.29) is 0 Å². The van der Waals surface area contributed by atoms with Crippen LogP contribution in [-0.2, 0) is 12.6 Å². The highest BCUT2D eigenvalue weighted by Crippen LogP contribution is 2.30. The zero-order valence-electron chi connectivity index (χ0n) is 15.8. The Morgan fingerprint density at radius 1 is 0.828 bits per heavy atom. The molecule has 0 aliphatic heterocycles. The molecule has 0 aliphatic rings. The van der Waals surface area contributed by atoms with Gasteiger partial charge in [-0.1, -0.05) is 60.2 Å². The molecule has 5 heteroatoms. The summed E-state index contributed by atoms with van der Waals surface area (Å²) in [4.78, 5) is 0. The highest BCUT2D eigenvalue weighted by molar-refractivity contribution is 5.60. The maximum absolute atomic E-state index is 12.9. The van der Waals surface area contributed by atoms with Gasteiger partial charge in [-0.25, -0.2) is 4.68 Å². The molecule has 1 heterocycles. The van der Waals surface area contributed by atoms with Crippen molar-refractivity contribution in [3.63, 3.8) is 0 Å². The van der Waals surface area contributed by atoms with Gasteiger partial charge in [0.25, 0.3) is 0 Å². The molecule has 0 spiro atoms. The minimum Gasteiger partial charge on any atom is -0.237 e. The molecule has 0 bridgehead atoms. The van der Waals surface area contributed by atoms with Crippen LogP contribution in [0.25, 0.3) is 16.9 Å². The van der Waals surface area contributed by atoms with Crippen LogP contribution in [0.1, 0.15) is 22.4 Å². The summed E-state index contributed by atoms with van der Waals surface area (Å²) >= 11 is 0. The summed E-state index contributed by atoms with van der Waals surface area (Å²) in [5.74, 6) is 0. The van der Waals surface area contributed by atoms with Crippen molar-refractivity contribution in [1.82, 2.24) is 9.78 Å². The van der Waals surface area contributed by atoms with Crippen molar-refractivity contribution in [3.8, 4) is 16.9 Å². The van der Waals surface area contributed by atoms with Crippen molar-refractivity contribution in [3.05, 3.63) is 107 Å². The van der Waals surface area contributed by atoms with Crippen molar-refractivity contribution < 1.29 is 13.2 Å². The molecule has 0 atom stereocenters. The van der Waals surface area contributed by atoms with Crippen LogP contribution in [0.15, 0.2) is 84.9 Å². The molecule has 146 valence electrons. The standard InChI is InChI=1S/C24H19F3N2/c1-17-7-9-18(10-8-17)15-22-16-23(19-5-3-2-4-6-19)28-29(22)21-13-11-20(12-14-21)24(25,26)27/h2-14,16H,15H2,1H3. The molecular weight excluding hydrogens is 373 g/mol. The lowest BCUT2D eigenvalue weighted by atomic mass is 10.1. The smallest absolute Gasteiger partial charge is 0.237 e. The number of nitrogens with zero attached hydrogens (tertiary/aromatic N) is 2. The first-order valence-corrected chi connectivity index (χ1v) is 9.28. The van der Waals surface area contributed by atoms with E-state index in [1.54, 1.807) is 4.68 Å². The van der Waals surface area contributed by atoms with Gasteiger partial charge in [0.05, 0.1) is 16.9 Å². The molecule has 4 aromatic rings. The van der Waals surface area contributed by atoms with Gasteiger partial charge in [0.1, 0.15) is 0 Å². The van der Waals surface area contributed by atoms with Crippen molar-refractivity contribution >= 4 is 0 Å². The van der Waals surface area contributed by atoms with Gasteiger partial charge in [0.2, 0.25) is 0 Å². The van der Waals surface area contributed by atoms with Crippen molar-refractivity contribution in [2.24, 2.45) is 0 Å². The molecule has 0 amide bonds. The Labute approximate surface area is 167 Å². The van der Waals surface area contributed by atoms with E-state index in [2.05, 4.69) is 12.1 Å². The molecule has 0 aliphatic carbocycles. The maximum Gasteiger partial charge on any atom is 0.416 e. The van der Waals surface area contributed by atoms with Crippen LogP contribution in [0.5, 0.6) is 0 Å². The molecule has 2 nitrogen and oxygen atoms in total. The van der Waals surface area contributed by atoms with Gasteiger partial charge in [0.15, 0.2) is 0 Å². The third kappa shape index (κ3) is 4.24. The topological polar surface area (TPSA) is 17.8 Å². The number of aromatic nitrogens is 2. The van der Waals surface area contributed by atoms with Crippen LogP contribution in [0.2, 0.25) is 0 Å². The second kappa shape index (κ2) is 7.59. The number of rotatable bonds is 4. The normalized spacial score (nSPS) is 11.6. The number of aryl methyl sites for hydroxylation is 1. The van der Waals surface area contributed by atoms with E-state index in [1.807, 2.05) is 55.5 Å². The first-order chi connectivity index (χ1) is 13.9.